The average molecular weight is 814 g/mol. The van der Waals surface area contributed by atoms with Crippen molar-refractivity contribution in [3.63, 3.8) is 0 Å². The van der Waals surface area contributed by atoms with E-state index in [4.69, 9.17) is 14.5 Å². The molecular weight excluding hydrogens is 759 g/mol. The molecule has 4 amide bonds. The Morgan fingerprint density at radius 3 is 2.43 bits per heavy atom. The van der Waals surface area contributed by atoms with Gasteiger partial charge < -0.3 is 24.6 Å². The van der Waals surface area contributed by atoms with Crippen molar-refractivity contribution >= 4 is 45.4 Å². The standard InChI is InChI=1S/C44H55N5O8S/c1-7-29-24-44(29,42(53)49(58(54)55)30-15-16-30)46-40(51)37-21-32(26-48(37)41(52)34(43(3,4)5)22-39(50)47-19-11-12-27(2)25-47)57-38-23-35(28-13-9-8-10-14-28)45-36-20-31(56-6)17-18-33(36)38/h7-10,13-14,17-18,20,23,27,29-30,32,34,37,58H,1,11-12,15-16,19,21-22,24-26H2,2-6H3,(H,46,51)/t27?,29?,32-,34-,37+,44?/m1/s1. The zero-order chi connectivity index (χ0) is 41.5. The Kier molecular flexibility index (Phi) is 11.6. The number of aromatic nitrogens is 1. The van der Waals surface area contributed by atoms with E-state index in [0.717, 1.165) is 22.7 Å². The number of amides is 4. The predicted octanol–water partition coefficient (Wildman–Crippen LogP) is 5.15. The summed E-state index contributed by atoms with van der Waals surface area (Å²) in [5.41, 5.74) is 0.0203. The van der Waals surface area contributed by atoms with E-state index in [1.807, 2.05) is 80.3 Å². The van der Waals surface area contributed by atoms with E-state index in [-0.39, 0.29) is 37.6 Å². The third-order valence-corrected chi connectivity index (χ3v) is 13.1. The lowest BCUT2D eigenvalue weighted by molar-refractivity contribution is -0.149. The molecule has 7 rings (SSSR count). The summed E-state index contributed by atoms with van der Waals surface area (Å²) in [5, 5.41) is 3.64. The third kappa shape index (κ3) is 8.43. The molecule has 0 bridgehead atoms. The van der Waals surface area contributed by atoms with Crippen molar-refractivity contribution in [2.45, 2.75) is 96.4 Å². The zero-order valence-corrected chi connectivity index (χ0v) is 34.9. The number of carbonyl (C=O) groups is 4. The summed E-state index contributed by atoms with van der Waals surface area (Å²) in [6.45, 7) is 13.1. The van der Waals surface area contributed by atoms with Gasteiger partial charge in [0.15, 0.2) is 0 Å². The zero-order valence-electron chi connectivity index (χ0n) is 34.0. The highest BCUT2D eigenvalue weighted by Crippen LogP contribution is 2.48. The number of pyridine rings is 1. The van der Waals surface area contributed by atoms with Gasteiger partial charge in [-0.1, -0.05) is 64.1 Å². The van der Waals surface area contributed by atoms with Crippen LogP contribution >= 0.6 is 0 Å². The molecule has 58 heavy (non-hydrogen) atoms. The van der Waals surface area contributed by atoms with Crippen LogP contribution in [0.4, 0.5) is 0 Å². The fourth-order valence-corrected chi connectivity index (χ4v) is 9.44. The van der Waals surface area contributed by atoms with Gasteiger partial charge in [0, 0.05) is 61.0 Å². The molecule has 3 heterocycles. The van der Waals surface area contributed by atoms with E-state index in [2.05, 4.69) is 18.8 Å². The summed E-state index contributed by atoms with van der Waals surface area (Å²) in [6.07, 6.45) is 4.22. The second-order valence-electron chi connectivity index (χ2n) is 17.6. The normalized spacial score (nSPS) is 24.9. The molecule has 4 aliphatic rings. The number of rotatable bonds is 13. The fraction of sp³-hybridized carbons (Fsp3) is 0.523. The number of methoxy groups -OCH3 is 1. The van der Waals surface area contributed by atoms with Crippen LogP contribution < -0.4 is 14.8 Å². The second-order valence-corrected chi connectivity index (χ2v) is 18.5. The molecule has 3 aromatic rings. The number of benzene rings is 2. The van der Waals surface area contributed by atoms with Gasteiger partial charge in [-0.05, 0) is 55.6 Å². The van der Waals surface area contributed by atoms with Crippen LogP contribution in [0.2, 0.25) is 0 Å². The SMILES string of the molecule is C=CC1CC1(NC(=O)[C@@H]1C[C@@H](Oc2cc(-c3ccccc3)nc3cc(OC)ccc23)CN1C(=O)[C@@H](CC(=O)N1CCCC(C)C1)C(C)(C)C)C(=O)N(C1CC1)[SH](=O)=O. The number of carbonyl (C=O) groups excluding carboxylic acids is 4. The quantitative estimate of drug-likeness (QED) is 0.176. The van der Waals surface area contributed by atoms with Crippen LogP contribution in [-0.4, -0.2) is 102 Å². The van der Waals surface area contributed by atoms with E-state index in [9.17, 15) is 27.6 Å². The van der Waals surface area contributed by atoms with Crippen molar-refractivity contribution in [3.8, 4) is 22.8 Å². The first-order valence-corrected chi connectivity index (χ1v) is 21.5. The van der Waals surface area contributed by atoms with Crippen molar-refractivity contribution in [1.29, 1.82) is 0 Å². The van der Waals surface area contributed by atoms with Gasteiger partial charge in [0.05, 0.1) is 30.8 Å². The Labute approximate surface area is 342 Å². The highest BCUT2D eigenvalue weighted by atomic mass is 32.2. The molecule has 2 aliphatic heterocycles. The number of piperidine rings is 1. The smallest absolute Gasteiger partial charge is 0.262 e. The Balaban J connectivity index is 1.23. The van der Waals surface area contributed by atoms with Crippen molar-refractivity contribution in [2.75, 3.05) is 26.7 Å². The predicted molar refractivity (Wildman–Crippen MR) is 220 cm³/mol. The number of fused-ring (bicyclic) bond motifs is 1. The molecule has 1 aromatic heterocycles. The summed E-state index contributed by atoms with van der Waals surface area (Å²) < 4.78 is 37.8. The van der Waals surface area contributed by atoms with Crippen LogP contribution in [0.5, 0.6) is 11.5 Å². The molecule has 14 heteroatoms. The van der Waals surface area contributed by atoms with E-state index in [0.29, 0.717) is 59.9 Å². The maximum absolute atomic E-state index is 15.0. The highest BCUT2D eigenvalue weighted by Gasteiger charge is 2.63. The summed E-state index contributed by atoms with van der Waals surface area (Å²) >= 11 is 0. The number of thiol groups is 1. The first kappa shape index (κ1) is 41.2. The minimum absolute atomic E-state index is 0.0173. The molecule has 6 atom stereocenters. The lowest BCUT2D eigenvalue weighted by Crippen LogP contribution is -2.57. The van der Waals surface area contributed by atoms with Crippen molar-refractivity contribution in [2.24, 2.45) is 23.2 Å². The monoisotopic (exact) mass is 813 g/mol. The Morgan fingerprint density at radius 2 is 1.81 bits per heavy atom. The van der Waals surface area contributed by atoms with Gasteiger partial charge in [0.2, 0.25) is 28.6 Å². The lowest BCUT2D eigenvalue weighted by atomic mass is 9.77. The largest absolute Gasteiger partial charge is 0.497 e. The van der Waals surface area contributed by atoms with Crippen LogP contribution in [-0.2, 0) is 30.1 Å². The number of hydrogen-bond acceptors (Lipinski definition) is 9. The van der Waals surface area contributed by atoms with Crippen molar-refractivity contribution in [3.05, 3.63) is 67.3 Å². The van der Waals surface area contributed by atoms with Crippen LogP contribution in [0.3, 0.4) is 0 Å². The molecule has 0 radical (unpaired) electrons. The molecule has 310 valence electrons. The maximum atomic E-state index is 15.0. The van der Waals surface area contributed by atoms with Crippen LogP contribution in [0.25, 0.3) is 22.2 Å². The minimum Gasteiger partial charge on any atom is -0.497 e. The van der Waals surface area contributed by atoms with Crippen LogP contribution in [0.15, 0.2) is 67.3 Å². The number of likely N-dealkylation sites (tertiary alicyclic amines) is 2. The summed E-state index contributed by atoms with van der Waals surface area (Å²) in [6, 6.07) is 15.5. The van der Waals surface area contributed by atoms with Gasteiger partial charge in [-0.3, -0.25) is 19.2 Å². The highest BCUT2D eigenvalue weighted by molar-refractivity contribution is 7.70. The van der Waals surface area contributed by atoms with Gasteiger partial charge in [-0.15, -0.1) is 6.58 Å². The maximum Gasteiger partial charge on any atom is 0.262 e. The fourth-order valence-electron chi connectivity index (χ4n) is 8.61. The van der Waals surface area contributed by atoms with Gasteiger partial charge in [-0.2, -0.15) is 0 Å². The van der Waals surface area contributed by atoms with Crippen LogP contribution in [0.1, 0.15) is 72.6 Å². The molecule has 3 unspecified atom stereocenters. The summed E-state index contributed by atoms with van der Waals surface area (Å²) in [4.78, 5) is 65.6. The van der Waals surface area contributed by atoms with Gasteiger partial charge in [0.1, 0.15) is 29.2 Å². The number of nitrogens with zero attached hydrogens (tertiary/aromatic N) is 4. The van der Waals surface area contributed by atoms with E-state index < -0.39 is 63.7 Å². The number of hydrogen-bond donors (Lipinski definition) is 2. The first-order chi connectivity index (χ1) is 27.6. The third-order valence-electron chi connectivity index (χ3n) is 12.2. The molecule has 13 nitrogen and oxygen atoms in total. The summed E-state index contributed by atoms with van der Waals surface area (Å²) in [7, 11) is -1.65. The molecule has 2 aliphatic carbocycles. The van der Waals surface area contributed by atoms with Crippen molar-refractivity contribution < 1.29 is 37.1 Å². The Bertz CT molecular complexity index is 2160. The van der Waals surface area contributed by atoms with Crippen molar-refractivity contribution in [1.82, 2.24) is 24.4 Å². The summed E-state index contributed by atoms with van der Waals surface area (Å²) in [5.74, 6) is -1.48. The Hall–Kier alpha value is -4.98. The molecule has 4 fully saturated rings. The Morgan fingerprint density at radius 1 is 1.07 bits per heavy atom. The lowest BCUT2D eigenvalue weighted by Gasteiger charge is -2.37. The van der Waals surface area contributed by atoms with Gasteiger partial charge >= 0.3 is 0 Å². The molecule has 2 saturated heterocycles. The van der Waals surface area contributed by atoms with E-state index >= 15 is 0 Å². The molecule has 2 aromatic carbocycles. The second kappa shape index (κ2) is 16.3. The molecular formula is C44H55N5O8S. The van der Waals surface area contributed by atoms with E-state index in [1.165, 1.54) is 4.90 Å². The van der Waals surface area contributed by atoms with E-state index in [1.54, 1.807) is 13.2 Å². The number of ether oxygens (including phenoxy) is 2. The minimum atomic E-state index is -3.23. The topological polar surface area (TPSA) is 156 Å². The van der Waals surface area contributed by atoms with Crippen LogP contribution in [0, 0.1) is 23.2 Å². The van der Waals surface area contributed by atoms with Gasteiger partial charge in [-0.25, -0.2) is 17.7 Å². The number of nitrogens with one attached hydrogen (secondary N) is 1. The molecule has 0 spiro atoms. The first-order valence-electron chi connectivity index (χ1n) is 20.3. The average Bonchev–Trinajstić information content (AvgIpc) is 4.12. The molecule has 1 N–H and O–H groups in total. The molecule has 2 saturated carbocycles. The van der Waals surface area contributed by atoms with Gasteiger partial charge in [0.25, 0.3) is 5.91 Å².